The molecule has 0 saturated heterocycles. The lowest BCUT2D eigenvalue weighted by Gasteiger charge is -2.29. The number of aromatic nitrogens is 1. The lowest BCUT2D eigenvalue weighted by Crippen LogP contribution is -2.59. The number of rotatable bonds is 25. The van der Waals surface area contributed by atoms with Crippen molar-refractivity contribution in [2.45, 2.75) is 121 Å². The summed E-state index contributed by atoms with van der Waals surface area (Å²) in [5.74, 6) is -7.70. The van der Waals surface area contributed by atoms with Gasteiger partial charge in [0, 0.05) is 25.6 Å². The summed E-state index contributed by atoms with van der Waals surface area (Å²) in [5.41, 5.74) is 6.69. The molecule has 0 unspecified atom stereocenters. The quantitative estimate of drug-likeness (QED) is 0.0669. The van der Waals surface area contributed by atoms with Crippen molar-refractivity contribution < 1.29 is 48.6 Å². The number of benzene rings is 1. The number of carboxylic acid groups (broad SMARTS) is 2. The minimum absolute atomic E-state index is 0.00167. The zero-order valence-corrected chi connectivity index (χ0v) is 33.6. The smallest absolute Gasteiger partial charge is 0.326 e. The van der Waals surface area contributed by atoms with Crippen LogP contribution in [0.2, 0.25) is 0 Å². The molecule has 3 rings (SSSR count). The Kier molecular flexibility index (Phi) is 19.9. The summed E-state index contributed by atoms with van der Waals surface area (Å²) in [6, 6.07) is 7.04. The van der Waals surface area contributed by atoms with Gasteiger partial charge in [0.25, 0.3) is 0 Å². The van der Waals surface area contributed by atoms with Crippen LogP contribution in [0, 0.1) is 11.8 Å². The Balaban J connectivity index is 1.78. The number of hydrogen-bond acceptors (Lipinski definition) is 10. The maximum Gasteiger partial charge on any atom is 0.326 e. The van der Waals surface area contributed by atoms with Gasteiger partial charge in [0.05, 0.1) is 18.7 Å². The standard InChI is InChI=1S/C41H58N8O10/c1-25(2)19-30(38(55)49-33(41(58)59)21-27-13-7-4-8-14-27)46-40(57)32(22-36(52)53)48-39(56)31(20-26-11-5-3-6-12-26)47-37(54)29(16-17-34(42)50)45-35(51)24-43-23-28-15-9-10-18-44-28/h4,7-10,13-15,18,25-26,29-33,43H,3,5-6,11-12,16-17,19-24H2,1-2H3,(H2,42,50)(H,45,51)(H,46,57)(H,47,54)(H,48,56)(H,49,55)(H,52,53)(H,58,59)/t29-,30-,31-,32-,33-/m0/s1. The molecule has 18 nitrogen and oxygen atoms in total. The average Bonchev–Trinajstić information content (AvgIpc) is 3.19. The van der Waals surface area contributed by atoms with Gasteiger partial charge in [-0.1, -0.05) is 82.3 Å². The fourth-order valence-electron chi connectivity index (χ4n) is 6.82. The van der Waals surface area contributed by atoms with Crippen molar-refractivity contribution in [1.82, 2.24) is 36.9 Å². The zero-order chi connectivity index (χ0) is 43.3. The van der Waals surface area contributed by atoms with Crippen LogP contribution in [0.3, 0.4) is 0 Å². The first-order valence-corrected chi connectivity index (χ1v) is 20.0. The Hall–Kier alpha value is -5.91. The first-order valence-electron chi connectivity index (χ1n) is 20.0. The van der Waals surface area contributed by atoms with E-state index in [1.165, 1.54) is 0 Å². The Bertz CT molecular complexity index is 1720. The molecular formula is C41H58N8O10. The van der Waals surface area contributed by atoms with E-state index in [0.29, 0.717) is 11.3 Å². The lowest BCUT2D eigenvalue weighted by atomic mass is 9.84. The summed E-state index contributed by atoms with van der Waals surface area (Å²) in [4.78, 5) is 108. The summed E-state index contributed by atoms with van der Waals surface area (Å²) in [7, 11) is 0. The minimum atomic E-state index is -1.71. The number of pyridine rings is 1. The van der Waals surface area contributed by atoms with Gasteiger partial charge in [-0.05, 0) is 48.8 Å². The van der Waals surface area contributed by atoms with Gasteiger partial charge in [0.15, 0.2) is 0 Å². The highest BCUT2D eigenvalue weighted by atomic mass is 16.4. The maximum absolute atomic E-state index is 14.0. The molecule has 0 spiro atoms. The second-order valence-electron chi connectivity index (χ2n) is 15.3. The molecule has 0 radical (unpaired) electrons. The van der Waals surface area contributed by atoms with E-state index in [1.807, 2.05) is 0 Å². The molecular weight excluding hydrogens is 764 g/mol. The molecule has 1 saturated carbocycles. The normalized spacial score (nSPS) is 15.4. The number of carboxylic acids is 2. The summed E-state index contributed by atoms with van der Waals surface area (Å²) in [6.07, 6.45) is 4.75. The Morgan fingerprint density at radius 1 is 0.729 bits per heavy atom. The monoisotopic (exact) mass is 822 g/mol. The summed E-state index contributed by atoms with van der Waals surface area (Å²) >= 11 is 0. The molecule has 1 fully saturated rings. The first kappa shape index (κ1) is 47.5. The van der Waals surface area contributed by atoms with Gasteiger partial charge in [-0.3, -0.25) is 38.5 Å². The maximum atomic E-state index is 14.0. The van der Waals surface area contributed by atoms with E-state index >= 15 is 0 Å². The van der Waals surface area contributed by atoms with Gasteiger partial charge in [-0.15, -0.1) is 0 Å². The Morgan fingerprint density at radius 3 is 1.93 bits per heavy atom. The van der Waals surface area contributed by atoms with Crippen molar-refractivity contribution in [3.05, 3.63) is 66.0 Å². The SMILES string of the molecule is CC(C)C[C@H](NC(=O)[C@H](CC(=O)O)NC(=O)[C@H](CC1CCCCC1)NC(=O)[C@H](CCC(N)=O)NC(=O)CNCc1ccccn1)C(=O)N[C@@H](Cc1ccccc1)C(=O)O. The molecule has 18 heteroatoms. The first-order chi connectivity index (χ1) is 28.1. The van der Waals surface area contributed by atoms with Crippen LogP contribution in [0.25, 0.3) is 0 Å². The fraction of sp³-hybridized carbons (Fsp3) is 0.537. The third kappa shape index (κ3) is 18.1. The van der Waals surface area contributed by atoms with E-state index < -0.39 is 84.0 Å². The molecule has 2 aromatic rings. The number of nitrogens with zero attached hydrogens (tertiary/aromatic N) is 1. The molecule has 1 aromatic carbocycles. The van der Waals surface area contributed by atoms with Crippen molar-refractivity contribution in [2.75, 3.05) is 6.54 Å². The van der Waals surface area contributed by atoms with E-state index in [4.69, 9.17) is 5.73 Å². The molecule has 1 aliphatic carbocycles. The number of nitrogens with two attached hydrogens (primary N) is 1. The molecule has 10 N–H and O–H groups in total. The molecule has 1 aromatic heterocycles. The minimum Gasteiger partial charge on any atom is -0.481 e. The second-order valence-corrected chi connectivity index (χ2v) is 15.3. The van der Waals surface area contributed by atoms with Crippen LogP contribution >= 0.6 is 0 Å². The van der Waals surface area contributed by atoms with Crippen LogP contribution in [0.5, 0.6) is 0 Å². The Labute approximate surface area is 343 Å². The highest BCUT2D eigenvalue weighted by Crippen LogP contribution is 2.27. The van der Waals surface area contributed by atoms with Crippen molar-refractivity contribution in [1.29, 1.82) is 0 Å². The van der Waals surface area contributed by atoms with E-state index in [1.54, 1.807) is 68.6 Å². The fourth-order valence-corrected chi connectivity index (χ4v) is 6.82. The third-order valence-corrected chi connectivity index (χ3v) is 9.82. The molecule has 0 bridgehead atoms. The van der Waals surface area contributed by atoms with Crippen LogP contribution in [0.4, 0.5) is 0 Å². The molecule has 1 aliphatic rings. The predicted octanol–water partition coefficient (Wildman–Crippen LogP) is 0.679. The van der Waals surface area contributed by atoms with Gasteiger partial charge in [-0.2, -0.15) is 0 Å². The number of carbonyl (C=O) groups excluding carboxylic acids is 6. The number of primary amides is 1. The summed E-state index contributed by atoms with van der Waals surface area (Å²) < 4.78 is 0. The van der Waals surface area contributed by atoms with Crippen LogP contribution < -0.4 is 37.6 Å². The molecule has 5 atom stereocenters. The van der Waals surface area contributed by atoms with Crippen LogP contribution in [0.15, 0.2) is 54.7 Å². The molecule has 322 valence electrons. The Morgan fingerprint density at radius 2 is 1.32 bits per heavy atom. The van der Waals surface area contributed by atoms with E-state index in [-0.39, 0.29) is 57.0 Å². The van der Waals surface area contributed by atoms with Crippen LogP contribution in [0.1, 0.15) is 89.3 Å². The van der Waals surface area contributed by atoms with Crippen molar-refractivity contribution in [3.8, 4) is 0 Å². The van der Waals surface area contributed by atoms with Gasteiger partial charge < -0.3 is 47.8 Å². The topological polar surface area (TPSA) is 288 Å². The van der Waals surface area contributed by atoms with Crippen LogP contribution in [-0.4, -0.2) is 99.3 Å². The largest absolute Gasteiger partial charge is 0.481 e. The van der Waals surface area contributed by atoms with Gasteiger partial charge >= 0.3 is 11.9 Å². The molecule has 1 heterocycles. The second kappa shape index (κ2) is 24.8. The summed E-state index contributed by atoms with van der Waals surface area (Å²) in [5, 5.41) is 35.2. The van der Waals surface area contributed by atoms with E-state index in [9.17, 15) is 48.6 Å². The zero-order valence-electron chi connectivity index (χ0n) is 33.6. The predicted molar refractivity (Wildman–Crippen MR) is 215 cm³/mol. The number of nitrogens with one attached hydrogen (secondary N) is 6. The number of carbonyl (C=O) groups is 8. The number of aliphatic carboxylic acids is 2. The van der Waals surface area contributed by atoms with Crippen molar-refractivity contribution in [2.24, 2.45) is 17.6 Å². The van der Waals surface area contributed by atoms with Crippen molar-refractivity contribution >= 4 is 47.4 Å². The molecule has 59 heavy (non-hydrogen) atoms. The third-order valence-electron chi connectivity index (χ3n) is 9.82. The number of amides is 6. The number of hydrogen-bond donors (Lipinski definition) is 9. The average molecular weight is 823 g/mol. The van der Waals surface area contributed by atoms with Gasteiger partial charge in [0.2, 0.25) is 35.4 Å². The van der Waals surface area contributed by atoms with Crippen molar-refractivity contribution in [3.63, 3.8) is 0 Å². The highest BCUT2D eigenvalue weighted by Gasteiger charge is 2.35. The van der Waals surface area contributed by atoms with E-state index in [0.717, 1.165) is 32.1 Å². The highest BCUT2D eigenvalue weighted by molar-refractivity contribution is 5.97. The van der Waals surface area contributed by atoms with Gasteiger partial charge in [-0.25, -0.2) is 4.79 Å². The molecule has 0 aliphatic heterocycles. The van der Waals surface area contributed by atoms with Crippen LogP contribution in [-0.2, 0) is 51.3 Å². The van der Waals surface area contributed by atoms with Gasteiger partial charge in [0.1, 0.15) is 30.2 Å². The summed E-state index contributed by atoms with van der Waals surface area (Å²) in [6.45, 7) is 3.62. The van der Waals surface area contributed by atoms with E-state index in [2.05, 4.69) is 36.9 Å². The lowest BCUT2D eigenvalue weighted by molar-refractivity contribution is -0.143. The molecule has 6 amide bonds.